The van der Waals surface area contributed by atoms with Crippen LogP contribution in [0.3, 0.4) is 0 Å². The number of hydrogen-bond acceptors (Lipinski definition) is 8. The molecule has 0 unspecified atom stereocenters. The Hall–Kier alpha value is -2.16. The van der Waals surface area contributed by atoms with E-state index in [0.717, 1.165) is 5.69 Å². The standard InChI is InChI=1S/C12H16N6O2S/c1-6(2)10-17-18-11(20-10)16-9(19)5-21-12-14-7(3)4-8(13)15-12/h4,6H,5H2,1-3H3,(H2,13,14,15)(H,16,18,19). The number of aromatic nitrogens is 4. The number of anilines is 2. The van der Waals surface area contributed by atoms with Crippen molar-refractivity contribution in [3.63, 3.8) is 0 Å². The van der Waals surface area contributed by atoms with Gasteiger partial charge in [0.25, 0.3) is 0 Å². The van der Waals surface area contributed by atoms with Crippen LogP contribution in [0.4, 0.5) is 11.8 Å². The van der Waals surface area contributed by atoms with Crippen molar-refractivity contribution in [2.75, 3.05) is 16.8 Å². The molecule has 2 aromatic heterocycles. The first kappa shape index (κ1) is 15.2. The molecule has 2 rings (SSSR count). The fourth-order valence-electron chi connectivity index (χ4n) is 1.43. The second kappa shape index (κ2) is 6.53. The molecule has 0 bridgehead atoms. The van der Waals surface area contributed by atoms with E-state index in [9.17, 15) is 4.79 Å². The Morgan fingerprint density at radius 1 is 1.43 bits per heavy atom. The molecule has 0 atom stereocenters. The van der Waals surface area contributed by atoms with Gasteiger partial charge in [0, 0.05) is 17.7 Å². The van der Waals surface area contributed by atoms with Gasteiger partial charge in [0.15, 0.2) is 5.16 Å². The van der Waals surface area contributed by atoms with Crippen LogP contribution in [-0.2, 0) is 4.79 Å². The molecule has 0 fully saturated rings. The molecule has 112 valence electrons. The van der Waals surface area contributed by atoms with E-state index in [1.165, 1.54) is 11.8 Å². The minimum absolute atomic E-state index is 0.0916. The Bertz CT molecular complexity index is 622. The summed E-state index contributed by atoms with van der Waals surface area (Å²) in [7, 11) is 0. The lowest BCUT2D eigenvalue weighted by Crippen LogP contribution is -2.14. The Kier molecular flexibility index (Phi) is 4.73. The molecule has 0 aromatic carbocycles. The highest BCUT2D eigenvalue weighted by atomic mass is 32.2. The van der Waals surface area contributed by atoms with Crippen molar-refractivity contribution in [3.8, 4) is 0 Å². The summed E-state index contributed by atoms with van der Waals surface area (Å²) in [5.74, 6) is 0.822. The molecule has 8 nitrogen and oxygen atoms in total. The number of nitrogens with one attached hydrogen (secondary N) is 1. The number of nitrogens with zero attached hydrogens (tertiary/aromatic N) is 4. The molecule has 0 aliphatic carbocycles. The highest BCUT2D eigenvalue weighted by molar-refractivity contribution is 7.99. The zero-order valence-electron chi connectivity index (χ0n) is 12.0. The number of carbonyl (C=O) groups excluding carboxylic acids is 1. The minimum Gasteiger partial charge on any atom is -0.408 e. The summed E-state index contributed by atoms with van der Waals surface area (Å²) in [5, 5.41) is 10.6. The average molecular weight is 308 g/mol. The third-order valence-electron chi connectivity index (χ3n) is 2.37. The Morgan fingerprint density at radius 2 is 2.19 bits per heavy atom. The van der Waals surface area contributed by atoms with Crippen LogP contribution in [0, 0.1) is 6.92 Å². The summed E-state index contributed by atoms with van der Waals surface area (Å²) in [6.07, 6.45) is 0. The fourth-order valence-corrected chi connectivity index (χ4v) is 2.14. The number of nitrogen functional groups attached to an aromatic ring is 1. The van der Waals surface area contributed by atoms with Crippen LogP contribution in [0.2, 0.25) is 0 Å². The Labute approximate surface area is 125 Å². The van der Waals surface area contributed by atoms with Gasteiger partial charge >= 0.3 is 6.01 Å². The molecular formula is C12H16N6O2S. The Balaban J connectivity index is 1.89. The van der Waals surface area contributed by atoms with Crippen molar-refractivity contribution in [1.29, 1.82) is 0 Å². The SMILES string of the molecule is Cc1cc(N)nc(SCC(=O)Nc2nnc(C(C)C)o2)n1. The van der Waals surface area contributed by atoms with E-state index in [-0.39, 0.29) is 23.6 Å². The van der Waals surface area contributed by atoms with Crippen LogP contribution in [-0.4, -0.2) is 31.8 Å². The van der Waals surface area contributed by atoms with E-state index >= 15 is 0 Å². The molecule has 2 heterocycles. The van der Waals surface area contributed by atoms with Crippen molar-refractivity contribution in [1.82, 2.24) is 20.2 Å². The number of aryl methyl sites for hydroxylation is 1. The highest BCUT2D eigenvalue weighted by Crippen LogP contribution is 2.17. The first-order chi connectivity index (χ1) is 9.94. The lowest BCUT2D eigenvalue weighted by molar-refractivity contribution is -0.113. The molecular weight excluding hydrogens is 292 g/mol. The average Bonchev–Trinajstić information content (AvgIpc) is 2.84. The largest absolute Gasteiger partial charge is 0.408 e. The molecule has 9 heteroatoms. The summed E-state index contributed by atoms with van der Waals surface area (Å²) in [6, 6.07) is 1.75. The normalized spacial score (nSPS) is 10.9. The minimum atomic E-state index is -0.275. The van der Waals surface area contributed by atoms with E-state index < -0.39 is 0 Å². The lowest BCUT2D eigenvalue weighted by Gasteiger charge is -2.02. The van der Waals surface area contributed by atoms with E-state index in [4.69, 9.17) is 10.2 Å². The van der Waals surface area contributed by atoms with Gasteiger partial charge in [0.1, 0.15) is 5.82 Å². The summed E-state index contributed by atoms with van der Waals surface area (Å²) >= 11 is 1.19. The van der Waals surface area contributed by atoms with Gasteiger partial charge in [0.2, 0.25) is 11.8 Å². The van der Waals surface area contributed by atoms with Gasteiger partial charge in [-0.2, -0.15) is 0 Å². The van der Waals surface area contributed by atoms with Gasteiger partial charge in [-0.15, -0.1) is 5.10 Å². The maximum absolute atomic E-state index is 11.8. The quantitative estimate of drug-likeness (QED) is 0.631. The second-order valence-corrected chi connectivity index (χ2v) is 5.60. The molecule has 0 aliphatic heterocycles. The summed E-state index contributed by atoms with van der Waals surface area (Å²) in [5.41, 5.74) is 6.38. The van der Waals surface area contributed by atoms with Crippen molar-refractivity contribution < 1.29 is 9.21 Å². The van der Waals surface area contributed by atoms with E-state index in [2.05, 4.69) is 25.5 Å². The van der Waals surface area contributed by atoms with Crippen molar-refractivity contribution >= 4 is 29.5 Å². The smallest absolute Gasteiger partial charge is 0.322 e. The molecule has 1 amide bonds. The van der Waals surface area contributed by atoms with Crippen LogP contribution in [0.15, 0.2) is 15.6 Å². The number of amides is 1. The number of rotatable bonds is 5. The van der Waals surface area contributed by atoms with Gasteiger partial charge in [0.05, 0.1) is 5.75 Å². The Morgan fingerprint density at radius 3 is 2.81 bits per heavy atom. The number of hydrogen-bond donors (Lipinski definition) is 2. The first-order valence-corrected chi connectivity index (χ1v) is 7.30. The molecule has 3 N–H and O–H groups in total. The van der Waals surface area contributed by atoms with Gasteiger partial charge in [-0.1, -0.05) is 30.7 Å². The van der Waals surface area contributed by atoms with Crippen molar-refractivity contribution in [3.05, 3.63) is 17.7 Å². The highest BCUT2D eigenvalue weighted by Gasteiger charge is 2.13. The van der Waals surface area contributed by atoms with Crippen LogP contribution < -0.4 is 11.1 Å². The zero-order chi connectivity index (χ0) is 15.4. The van der Waals surface area contributed by atoms with Gasteiger partial charge in [-0.3, -0.25) is 10.1 Å². The number of thioether (sulfide) groups is 1. The number of carbonyl (C=O) groups is 1. The summed E-state index contributed by atoms with van der Waals surface area (Å²) in [6.45, 7) is 5.66. The van der Waals surface area contributed by atoms with Gasteiger partial charge in [-0.05, 0) is 6.92 Å². The van der Waals surface area contributed by atoms with E-state index in [1.807, 2.05) is 20.8 Å². The predicted molar refractivity (Wildman–Crippen MR) is 78.9 cm³/mol. The van der Waals surface area contributed by atoms with Crippen LogP contribution in [0.25, 0.3) is 0 Å². The van der Waals surface area contributed by atoms with Crippen molar-refractivity contribution in [2.45, 2.75) is 31.8 Å². The summed E-state index contributed by atoms with van der Waals surface area (Å²) < 4.78 is 5.29. The fraction of sp³-hybridized carbons (Fsp3) is 0.417. The molecule has 21 heavy (non-hydrogen) atoms. The zero-order valence-corrected chi connectivity index (χ0v) is 12.8. The van der Waals surface area contributed by atoms with E-state index in [0.29, 0.717) is 16.9 Å². The molecule has 0 spiro atoms. The first-order valence-electron chi connectivity index (χ1n) is 6.31. The van der Waals surface area contributed by atoms with E-state index in [1.54, 1.807) is 6.07 Å². The van der Waals surface area contributed by atoms with Crippen LogP contribution in [0.1, 0.15) is 31.4 Å². The molecule has 0 aliphatic rings. The van der Waals surface area contributed by atoms with Crippen molar-refractivity contribution in [2.24, 2.45) is 0 Å². The molecule has 0 saturated heterocycles. The topological polar surface area (TPSA) is 120 Å². The third-order valence-corrected chi connectivity index (χ3v) is 3.21. The third kappa shape index (κ3) is 4.42. The lowest BCUT2D eigenvalue weighted by atomic mass is 10.2. The predicted octanol–water partition coefficient (Wildman–Crippen LogP) is 1.60. The second-order valence-electron chi connectivity index (χ2n) is 4.65. The van der Waals surface area contributed by atoms with Crippen LogP contribution >= 0.6 is 11.8 Å². The van der Waals surface area contributed by atoms with Crippen LogP contribution in [0.5, 0.6) is 0 Å². The van der Waals surface area contributed by atoms with Gasteiger partial charge < -0.3 is 10.2 Å². The number of nitrogens with two attached hydrogens (primary N) is 1. The monoisotopic (exact) mass is 308 g/mol. The van der Waals surface area contributed by atoms with Gasteiger partial charge in [-0.25, -0.2) is 9.97 Å². The maximum Gasteiger partial charge on any atom is 0.322 e. The molecule has 0 saturated carbocycles. The maximum atomic E-state index is 11.8. The molecule has 2 aromatic rings. The summed E-state index contributed by atoms with van der Waals surface area (Å²) in [4.78, 5) is 20.0. The molecule has 0 radical (unpaired) electrons.